The molecule has 1 aliphatic carbocycles. The molecule has 2 aliphatic heterocycles. The molecular weight excluding hydrogens is 310 g/mol. The summed E-state index contributed by atoms with van der Waals surface area (Å²) in [5, 5.41) is 13.7. The predicted octanol–water partition coefficient (Wildman–Crippen LogP) is 1.77. The molecule has 7 heteroatoms. The summed E-state index contributed by atoms with van der Waals surface area (Å²) in [4.78, 5) is 24.7. The van der Waals surface area contributed by atoms with Gasteiger partial charge in [-0.2, -0.15) is 5.10 Å². The van der Waals surface area contributed by atoms with Crippen LogP contribution in [-0.4, -0.2) is 37.5 Å². The van der Waals surface area contributed by atoms with Gasteiger partial charge in [-0.1, -0.05) is 6.08 Å². The molecule has 1 fully saturated rings. The highest BCUT2D eigenvalue weighted by molar-refractivity contribution is 6.11. The molecule has 3 aliphatic rings. The topological polar surface area (TPSA) is 88.0 Å². The zero-order valence-electron chi connectivity index (χ0n) is 12.9. The fraction of sp³-hybridized carbons (Fsp3) is 0.353. The average Bonchev–Trinajstić information content (AvgIpc) is 3.22. The van der Waals surface area contributed by atoms with Crippen LogP contribution < -0.4 is 0 Å². The number of rotatable bonds is 2. The largest absolute Gasteiger partial charge is 0.477 e. The predicted molar refractivity (Wildman–Crippen MR) is 83.0 cm³/mol. The van der Waals surface area contributed by atoms with E-state index in [2.05, 4.69) is 5.10 Å². The third-order valence-electron chi connectivity index (χ3n) is 5.02. The van der Waals surface area contributed by atoms with E-state index < -0.39 is 5.97 Å². The number of aromatic nitrogens is 2. The lowest BCUT2D eigenvalue weighted by molar-refractivity contribution is -0.142. The number of β-lactam (4-membered cyclic amide) rings is 1. The first kappa shape index (κ1) is 13.6. The molecular formula is C17H15N3O4. The van der Waals surface area contributed by atoms with Gasteiger partial charge >= 0.3 is 5.97 Å². The fourth-order valence-corrected chi connectivity index (χ4v) is 3.87. The lowest BCUT2D eigenvalue weighted by Crippen LogP contribution is -2.52. The van der Waals surface area contributed by atoms with E-state index in [0.29, 0.717) is 23.4 Å². The number of amides is 1. The molecule has 1 atom stereocenters. The van der Waals surface area contributed by atoms with Crippen LogP contribution in [0.25, 0.3) is 11.8 Å². The summed E-state index contributed by atoms with van der Waals surface area (Å²) in [6.07, 6.45) is 8.08. The van der Waals surface area contributed by atoms with Gasteiger partial charge in [-0.25, -0.2) is 9.31 Å². The van der Waals surface area contributed by atoms with Gasteiger partial charge in [0.1, 0.15) is 11.5 Å². The number of carboxylic acid groups (broad SMARTS) is 1. The SMILES string of the molecule is O=C(O)C1=CCC2C(=Cc3cc4oc5c(n4n3)CCCC5)C(=O)N12. The van der Waals surface area contributed by atoms with E-state index in [9.17, 15) is 9.59 Å². The summed E-state index contributed by atoms with van der Waals surface area (Å²) in [5.74, 6) is -0.297. The lowest BCUT2D eigenvalue weighted by atomic mass is 9.93. The fourth-order valence-electron chi connectivity index (χ4n) is 3.87. The standard InChI is InChI=1S/C17H15N3O4/c21-16-10(11-5-6-13(17(22)23)19(11)16)7-9-8-15-20(18-9)12-3-1-2-4-14(12)24-15/h6-8,11H,1-5H2,(H,22,23). The maximum absolute atomic E-state index is 12.2. The number of carboxylic acids is 1. The number of carbonyl (C=O) groups excluding carboxylic acids is 1. The van der Waals surface area contributed by atoms with Gasteiger partial charge in [-0.3, -0.25) is 9.69 Å². The summed E-state index contributed by atoms with van der Waals surface area (Å²) in [5.41, 5.74) is 3.19. The van der Waals surface area contributed by atoms with Crippen LogP contribution in [0.3, 0.4) is 0 Å². The number of hydrogen-bond donors (Lipinski definition) is 1. The van der Waals surface area contributed by atoms with Crippen LogP contribution in [0.5, 0.6) is 0 Å². The van der Waals surface area contributed by atoms with Crippen molar-refractivity contribution in [2.75, 3.05) is 0 Å². The maximum Gasteiger partial charge on any atom is 0.352 e. The number of hydrogen-bond acceptors (Lipinski definition) is 4. The molecule has 0 bridgehead atoms. The van der Waals surface area contributed by atoms with Crippen LogP contribution in [-0.2, 0) is 22.4 Å². The summed E-state index contributed by atoms with van der Waals surface area (Å²) in [6, 6.07) is 1.66. The van der Waals surface area contributed by atoms with Crippen LogP contribution in [0.4, 0.5) is 0 Å². The highest BCUT2D eigenvalue weighted by Gasteiger charge is 2.48. The molecule has 122 valence electrons. The minimum absolute atomic E-state index is 0.0785. The van der Waals surface area contributed by atoms with Crippen molar-refractivity contribution in [2.45, 2.75) is 38.1 Å². The van der Waals surface area contributed by atoms with Gasteiger partial charge in [0.2, 0.25) is 5.71 Å². The summed E-state index contributed by atoms with van der Waals surface area (Å²) < 4.78 is 7.68. The van der Waals surface area contributed by atoms with Crippen molar-refractivity contribution >= 4 is 23.7 Å². The second-order valence-corrected chi connectivity index (χ2v) is 6.42. The van der Waals surface area contributed by atoms with Crippen molar-refractivity contribution in [1.29, 1.82) is 0 Å². The summed E-state index contributed by atoms with van der Waals surface area (Å²) in [6.45, 7) is 0. The van der Waals surface area contributed by atoms with Gasteiger partial charge < -0.3 is 9.52 Å². The molecule has 4 heterocycles. The quantitative estimate of drug-likeness (QED) is 0.671. The van der Waals surface area contributed by atoms with Gasteiger partial charge in [0, 0.05) is 18.1 Å². The Morgan fingerprint density at radius 1 is 1.38 bits per heavy atom. The third-order valence-corrected chi connectivity index (χ3v) is 5.02. The van der Waals surface area contributed by atoms with Crippen molar-refractivity contribution in [3.63, 3.8) is 0 Å². The third kappa shape index (κ3) is 1.69. The molecule has 24 heavy (non-hydrogen) atoms. The monoisotopic (exact) mass is 325 g/mol. The summed E-state index contributed by atoms with van der Waals surface area (Å²) in [7, 11) is 0. The van der Waals surface area contributed by atoms with E-state index in [4.69, 9.17) is 9.52 Å². The number of nitrogens with zero attached hydrogens (tertiary/aromatic N) is 3. The van der Waals surface area contributed by atoms with E-state index in [0.717, 1.165) is 37.1 Å². The number of oxazole rings is 1. The second kappa shape index (κ2) is 4.59. The Morgan fingerprint density at radius 3 is 3.04 bits per heavy atom. The van der Waals surface area contributed by atoms with E-state index in [1.807, 2.05) is 10.6 Å². The smallest absolute Gasteiger partial charge is 0.352 e. The van der Waals surface area contributed by atoms with Crippen LogP contribution in [0.15, 0.2) is 27.8 Å². The van der Waals surface area contributed by atoms with Gasteiger partial charge in [0.25, 0.3) is 5.91 Å². The van der Waals surface area contributed by atoms with E-state index in [1.165, 1.54) is 4.90 Å². The van der Waals surface area contributed by atoms with Crippen molar-refractivity contribution in [3.8, 4) is 0 Å². The minimum Gasteiger partial charge on any atom is -0.477 e. The zero-order valence-corrected chi connectivity index (χ0v) is 12.9. The van der Waals surface area contributed by atoms with Crippen LogP contribution in [0.2, 0.25) is 0 Å². The summed E-state index contributed by atoms with van der Waals surface area (Å²) >= 11 is 0. The number of aliphatic carboxylic acids is 1. The first-order chi connectivity index (χ1) is 11.6. The molecule has 1 N–H and O–H groups in total. The first-order valence-corrected chi connectivity index (χ1v) is 8.12. The van der Waals surface area contributed by atoms with Gasteiger partial charge in [0.15, 0.2) is 0 Å². The van der Waals surface area contributed by atoms with Crippen LogP contribution in [0, 0.1) is 0 Å². The van der Waals surface area contributed by atoms with E-state index >= 15 is 0 Å². The molecule has 0 saturated carbocycles. The average molecular weight is 325 g/mol. The molecule has 1 saturated heterocycles. The van der Waals surface area contributed by atoms with E-state index in [-0.39, 0.29) is 17.6 Å². The van der Waals surface area contributed by atoms with Crippen molar-refractivity contribution in [3.05, 3.63) is 40.6 Å². The normalized spacial score (nSPS) is 24.1. The molecule has 1 unspecified atom stereocenters. The van der Waals surface area contributed by atoms with Gasteiger partial charge in [0.05, 0.1) is 17.4 Å². The second-order valence-electron chi connectivity index (χ2n) is 6.42. The van der Waals surface area contributed by atoms with Crippen molar-refractivity contribution in [2.24, 2.45) is 0 Å². The number of carbonyl (C=O) groups is 2. The zero-order chi connectivity index (χ0) is 16.4. The molecule has 0 aromatic carbocycles. The number of fused-ring (bicyclic) bond motifs is 4. The molecule has 1 amide bonds. The lowest BCUT2D eigenvalue weighted by Gasteiger charge is -2.38. The Labute approximate surface area is 136 Å². The van der Waals surface area contributed by atoms with Crippen LogP contribution >= 0.6 is 0 Å². The molecule has 2 aromatic heterocycles. The van der Waals surface area contributed by atoms with Crippen LogP contribution in [0.1, 0.15) is 36.4 Å². The van der Waals surface area contributed by atoms with Gasteiger partial charge in [-0.05, 0) is 31.8 Å². The molecule has 2 aromatic rings. The van der Waals surface area contributed by atoms with Crippen molar-refractivity contribution < 1.29 is 19.1 Å². The Morgan fingerprint density at radius 2 is 2.21 bits per heavy atom. The minimum atomic E-state index is -1.06. The first-order valence-electron chi connectivity index (χ1n) is 8.12. The highest BCUT2D eigenvalue weighted by atomic mass is 16.4. The molecule has 7 nitrogen and oxygen atoms in total. The molecule has 5 rings (SSSR count). The Balaban J connectivity index is 1.47. The van der Waals surface area contributed by atoms with E-state index in [1.54, 1.807) is 12.2 Å². The van der Waals surface area contributed by atoms with Gasteiger partial charge in [-0.15, -0.1) is 0 Å². The molecule has 0 radical (unpaired) electrons. The number of aryl methyl sites for hydroxylation is 2. The molecule has 0 spiro atoms. The highest BCUT2D eigenvalue weighted by Crippen LogP contribution is 2.39. The maximum atomic E-state index is 12.2. The Hall–Kier alpha value is -2.83. The Kier molecular flexibility index (Phi) is 2.60. The Bertz CT molecular complexity index is 962. The van der Waals surface area contributed by atoms with Crippen molar-refractivity contribution in [1.82, 2.24) is 14.5 Å².